The van der Waals surface area contributed by atoms with Gasteiger partial charge in [0.05, 0.1) is 6.61 Å². The molecule has 4 heteroatoms. The van der Waals surface area contributed by atoms with Gasteiger partial charge < -0.3 is 15.3 Å². The average molecular weight is 296 g/mol. The van der Waals surface area contributed by atoms with Gasteiger partial charge in [-0.25, -0.2) is 4.39 Å². The van der Waals surface area contributed by atoms with E-state index in [1.54, 1.807) is 6.07 Å². The molecule has 0 radical (unpaired) electrons. The SMILES string of the molecule is CCCCN(CCO)c1cccc(F)c1CNCC(C)C. The number of nitrogens with zero attached hydrogens (tertiary/aromatic N) is 1. The Hall–Kier alpha value is -1.13. The smallest absolute Gasteiger partial charge is 0.129 e. The van der Waals surface area contributed by atoms with E-state index in [4.69, 9.17) is 0 Å². The Labute approximate surface area is 128 Å². The first kappa shape index (κ1) is 17.9. The highest BCUT2D eigenvalue weighted by Gasteiger charge is 2.14. The third-order valence-electron chi connectivity index (χ3n) is 3.44. The van der Waals surface area contributed by atoms with Crippen molar-refractivity contribution in [1.82, 2.24) is 5.32 Å². The molecule has 2 N–H and O–H groups in total. The van der Waals surface area contributed by atoms with Crippen molar-refractivity contribution in [1.29, 1.82) is 0 Å². The van der Waals surface area contributed by atoms with Crippen molar-refractivity contribution < 1.29 is 9.50 Å². The van der Waals surface area contributed by atoms with Crippen molar-refractivity contribution in [3.63, 3.8) is 0 Å². The molecule has 0 saturated carbocycles. The molecule has 1 rings (SSSR count). The number of nitrogens with one attached hydrogen (secondary N) is 1. The molecule has 0 saturated heterocycles. The Morgan fingerprint density at radius 3 is 2.67 bits per heavy atom. The largest absolute Gasteiger partial charge is 0.395 e. The minimum absolute atomic E-state index is 0.0824. The summed E-state index contributed by atoms with van der Waals surface area (Å²) in [6.45, 7) is 9.26. The lowest BCUT2D eigenvalue weighted by atomic mass is 10.1. The summed E-state index contributed by atoms with van der Waals surface area (Å²) in [5, 5.41) is 12.6. The molecule has 3 nitrogen and oxygen atoms in total. The van der Waals surface area contributed by atoms with Crippen LogP contribution in [0.25, 0.3) is 0 Å². The van der Waals surface area contributed by atoms with E-state index in [-0.39, 0.29) is 12.4 Å². The molecule has 0 fully saturated rings. The zero-order valence-corrected chi connectivity index (χ0v) is 13.5. The number of halogens is 1. The van der Waals surface area contributed by atoms with E-state index in [1.807, 2.05) is 6.07 Å². The minimum atomic E-state index is -0.178. The predicted octanol–water partition coefficient (Wildman–Crippen LogP) is 3.17. The third-order valence-corrected chi connectivity index (χ3v) is 3.44. The van der Waals surface area contributed by atoms with E-state index < -0.39 is 0 Å². The summed E-state index contributed by atoms with van der Waals surface area (Å²) in [5.41, 5.74) is 1.59. The molecule has 0 atom stereocenters. The Balaban J connectivity index is 2.89. The summed E-state index contributed by atoms with van der Waals surface area (Å²) in [7, 11) is 0. The van der Waals surface area contributed by atoms with Gasteiger partial charge in [-0.05, 0) is 31.0 Å². The second-order valence-corrected chi connectivity index (χ2v) is 5.83. The first-order valence-electron chi connectivity index (χ1n) is 7.94. The van der Waals surface area contributed by atoms with Crippen LogP contribution in [0.1, 0.15) is 39.2 Å². The molecule has 0 spiro atoms. The van der Waals surface area contributed by atoms with Crippen molar-refractivity contribution in [3.05, 3.63) is 29.6 Å². The fourth-order valence-corrected chi connectivity index (χ4v) is 2.33. The molecule has 0 aliphatic heterocycles. The number of hydrogen-bond acceptors (Lipinski definition) is 3. The van der Waals surface area contributed by atoms with Gasteiger partial charge in [0.1, 0.15) is 5.82 Å². The molecule has 0 heterocycles. The summed E-state index contributed by atoms with van der Waals surface area (Å²) in [6, 6.07) is 5.19. The quantitative estimate of drug-likeness (QED) is 0.696. The Morgan fingerprint density at radius 1 is 1.29 bits per heavy atom. The van der Waals surface area contributed by atoms with Gasteiger partial charge in [0.2, 0.25) is 0 Å². The molecule has 0 amide bonds. The van der Waals surface area contributed by atoms with Crippen LogP contribution in [0.5, 0.6) is 0 Å². The van der Waals surface area contributed by atoms with E-state index in [1.165, 1.54) is 6.07 Å². The van der Waals surface area contributed by atoms with Crippen molar-refractivity contribution in [3.8, 4) is 0 Å². The number of benzene rings is 1. The van der Waals surface area contributed by atoms with Crippen molar-refractivity contribution >= 4 is 5.69 Å². The van der Waals surface area contributed by atoms with E-state index in [2.05, 4.69) is 31.0 Å². The van der Waals surface area contributed by atoms with Crippen LogP contribution in [0, 0.1) is 11.7 Å². The van der Waals surface area contributed by atoms with Crippen LogP contribution in [0.2, 0.25) is 0 Å². The molecule has 1 aromatic carbocycles. The number of hydrogen-bond donors (Lipinski definition) is 2. The maximum Gasteiger partial charge on any atom is 0.129 e. The molecule has 0 aromatic heterocycles. The molecule has 0 aliphatic rings. The van der Waals surface area contributed by atoms with E-state index in [0.717, 1.165) is 31.6 Å². The molecular formula is C17H29FN2O. The number of unbranched alkanes of at least 4 members (excludes halogenated alkanes) is 1. The average Bonchev–Trinajstić information content (AvgIpc) is 2.45. The number of aliphatic hydroxyl groups excluding tert-OH is 1. The summed E-state index contributed by atoms with van der Waals surface area (Å²) < 4.78 is 14.2. The van der Waals surface area contributed by atoms with Gasteiger partial charge in [0, 0.05) is 30.9 Å². The van der Waals surface area contributed by atoms with Crippen LogP contribution in [0.3, 0.4) is 0 Å². The van der Waals surface area contributed by atoms with Crippen LogP contribution in [0.15, 0.2) is 18.2 Å². The fraction of sp³-hybridized carbons (Fsp3) is 0.647. The van der Waals surface area contributed by atoms with Gasteiger partial charge in [-0.3, -0.25) is 0 Å². The monoisotopic (exact) mass is 296 g/mol. The van der Waals surface area contributed by atoms with Gasteiger partial charge in [0.15, 0.2) is 0 Å². The molecule has 0 aliphatic carbocycles. The minimum Gasteiger partial charge on any atom is -0.395 e. The van der Waals surface area contributed by atoms with E-state index in [0.29, 0.717) is 24.6 Å². The maximum atomic E-state index is 14.2. The highest BCUT2D eigenvalue weighted by atomic mass is 19.1. The standard InChI is InChI=1S/C17H29FN2O/c1-4-5-9-20(10-11-21)17-8-6-7-16(18)15(17)13-19-12-14(2)3/h6-8,14,19,21H,4-5,9-13H2,1-3H3. The number of anilines is 1. The van der Waals surface area contributed by atoms with Crippen LogP contribution in [-0.2, 0) is 6.54 Å². The van der Waals surface area contributed by atoms with Crippen LogP contribution < -0.4 is 10.2 Å². The van der Waals surface area contributed by atoms with Crippen molar-refractivity contribution in [2.75, 3.05) is 31.1 Å². The maximum absolute atomic E-state index is 14.2. The van der Waals surface area contributed by atoms with E-state index >= 15 is 0 Å². The summed E-state index contributed by atoms with van der Waals surface area (Å²) in [4.78, 5) is 2.08. The molecule has 120 valence electrons. The highest BCUT2D eigenvalue weighted by Crippen LogP contribution is 2.23. The summed E-state index contributed by atoms with van der Waals surface area (Å²) >= 11 is 0. The lowest BCUT2D eigenvalue weighted by molar-refractivity contribution is 0.301. The topological polar surface area (TPSA) is 35.5 Å². The van der Waals surface area contributed by atoms with E-state index in [9.17, 15) is 9.50 Å². The lowest BCUT2D eigenvalue weighted by Gasteiger charge is -2.27. The number of rotatable bonds is 10. The van der Waals surface area contributed by atoms with Gasteiger partial charge in [-0.2, -0.15) is 0 Å². The Morgan fingerprint density at radius 2 is 2.05 bits per heavy atom. The summed E-state index contributed by atoms with van der Waals surface area (Å²) in [5.74, 6) is 0.358. The van der Waals surface area contributed by atoms with Gasteiger partial charge in [-0.1, -0.05) is 33.3 Å². The van der Waals surface area contributed by atoms with Gasteiger partial charge >= 0.3 is 0 Å². The Kier molecular flexibility index (Phi) is 8.31. The molecule has 21 heavy (non-hydrogen) atoms. The normalized spacial score (nSPS) is 11.1. The predicted molar refractivity (Wildman–Crippen MR) is 87.2 cm³/mol. The lowest BCUT2D eigenvalue weighted by Crippen LogP contribution is -2.30. The first-order chi connectivity index (χ1) is 10.1. The zero-order chi connectivity index (χ0) is 15.7. The van der Waals surface area contributed by atoms with Crippen molar-refractivity contribution in [2.24, 2.45) is 5.92 Å². The second kappa shape index (κ2) is 9.74. The van der Waals surface area contributed by atoms with Gasteiger partial charge in [0.25, 0.3) is 0 Å². The number of aliphatic hydroxyl groups is 1. The molecule has 0 unspecified atom stereocenters. The second-order valence-electron chi connectivity index (χ2n) is 5.83. The molecule has 1 aromatic rings. The molecule has 0 bridgehead atoms. The zero-order valence-electron chi connectivity index (χ0n) is 13.5. The Bertz CT molecular complexity index is 410. The van der Waals surface area contributed by atoms with Gasteiger partial charge in [-0.15, -0.1) is 0 Å². The van der Waals surface area contributed by atoms with Crippen LogP contribution in [-0.4, -0.2) is 31.3 Å². The van der Waals surface area contributed by atoms with Crippen LogP contribution in [0.4, 0.5) is 10.1 Å². The highest BCUT2D eigenvalue weighted by molar-refractivity contribution is 5.54. The molecular weight excluding hydrogens is 267 g/mol. The van der Waals surface area contributed by atoms with Crippen LogP contribution >= 0.6 is 0 Å². The fourth-order valence-electron chi connectivity index (χ4n) is 2.33. The van der Waals surface area contributed by atoms with Crippen molar-refractivity contribution in [2.45, 2.75) is 40.2 Å². The third kappa shape index (κ3) is 6.02. The first-order valence-corrected chi connectivity index (χ1v) is 7.94. The summed E-state index contributed by atoms with van der Waals surface area (Å²) in [6.07, 6.45) is 2.12.